The van der Waals surface area contributed by atoms with E-state index in [-0.39, 0.29) is 18.1 Å². The van der Waals surface area contributed by atoms with Crippen LogP contribution in [0.4, 0.5) is 0 Å². The first-order valence-electron chi connectivity index (χ1n) is 8.50. The highest BCUT2D eigenvalue weighted by molar-refractivity contribution is 5.79. The van der Waals surface area contributed by atoms with E-state index in [4.69, 9.17) is 9.47 Å². The lowest BCUT2D eigenvalue weighted by Crippen LogP contribution is -2.50. The van der Waals surface area contributed by atoms with E-state index in [2.05, 4.69) is 20.8 Å². The number of benzene rings is 1. The number of aryl methyl sites for hydroxylation is 1. The van der Waals surface area contributed by atoms with Gasteiger partial charge in [-0.25, -0.2) is 0 Å². The maximum Gasteiger partial charge on any atom is 0.224 e. The van der Waals surface area contributed by atoms with Crippen molar-refractivity contribution in [2.45, 2.75) is 38.8 Å². The number of carbonyl (C=O) groups is 1. The summed E-state index contributed by atoms with van der Waals surface area (Å²) in [6.45, 7) is 5.57. The van der Waals surface area contributed by atoms with Crippen molar-refractivity contribution in [1.29, 1.82) is 0 Å². The van der Waals surface area contributed by atoms with Gasteiger partial charge in [0.1, 0.15) is 6.10 Å². The van der Waals surface area contributed by atoms with Gasteiger partial charge in [-0.05, 0) is 48.4 Å². The van der Waals surface area contributed by atoms with Gasteiger partial charge in [-0.15, -0.1) is 5.10 Å². The molecule has 25 heavy (non-hydrogen) atoms. The Morgan fingerprint density at radius 3 is 2.88 bits per heavy atom. The first kappa shape index (κ1) is 17.5. The summed E-state index contributed by atoms with van der Waals surface area (Å²) < 4.78 is 12.7. The van der Waals surface area contributed by atoms with Gasteiger partial charge >= 0.3 is 0 Å². The molecule has 0 radical (unpaired) electrons. The van der Waals surface area contributed by atoms with Gasteiger partial charge in [-0.1, -0.05) is 12.1 Å². The fraction of sp³-hybridized carbons (Fsp3) is 0.529. The van der Waals surface area contributed by atoms with E-state index in [9.17, 15) is 4.79 Å². The number of aromatic nitrogens is 4. The number of nitrogens with zero attached hydrogens (tertiary/aromatic N) is 4. The Morgan fingerprint density at radius 1 is 1.40 bits per heavy atom. The van der Waals surface area contributed by atoms with Gasteiger partial charge in [0.2, 0.25) is 5.91 Å². The van der Waals surface area contributed by atoms with Crippen molar-refractivity contribution in [1.82, 2.24) is 25.5 Å². The van der Waals surface area contributed by atoms with Crippen LogP contribution in [0, 0.1) is 6.92 Å². The van der Waals surface area contributed by atoms with Crippen LogP contribution in [0.1, 0.15) is 24.7 Å². The summed E-state index contributed by atoms with van der Waals surface area (Å²) in [6, 6.07) is 7.65. The van der Waals surface area contributed by atoms with Gasteiger partial charge in [0.15, 0.2) is 5.82 Å². The summed E-state index contributed by atoms with van der Waals surface area (Å²) in [5.74, 6) is 0.704. The Hall–Kier alpha value is -2.32. The van der Waals surface area contributed by atoms with E-state index in [1.165, 1.54) is 0 Å². The second-order valence-electron chi connectivity index (χ2n) is 6.01. The fourth-order valence-electron chi connectivity index (χ4n) is 2.92. The second kappa shape index (κ2) is 8.17. The minimum atomic E-state index is -0.0760. The molecule has 0 unspecified atom stereocenters. The topological polar surface area (TPSA) is 91.2 Å². The molecule has 8 heteroatoms. The van der Waals surface area contributed by atoms with Crippen molar-refractivity contribution in [3.8, 4) is 5.69 Å². The minimum Gasteiger partial charge on any atom is -0.379 e. The van der Waals surface area contributed by atoms with Crippen LogP contribution in [0.25, 0.3) is 5.69 Å². The van der Waals surface area contributed by atoms with Gasteiger partial charge < -0.3 is 14.8 Å². The normalized spacial score (nSPS) is 20.4. The Morgan fingerprint density at radius 2 is 2.20 bits per heavy atom. The Labute approximate surface area is 146 Å². The van der Waals surface area contributed by atoms with Crippen molar-refractivity contribution in [3.63, 3.8) is 0 Å². The quantitative estimate of drug-likeness (QED) is 0.834. The number of ether oxygens (including phenoxy) is 2. The molecule has 3 rings (SSSR count). The first-order chi connectivity index (χ1) is 12.2. The lowest BCUT2D eigenvalue weighted by Gasteiger charge is -2.31. The molecule has 134 valence electrons. The van der Waals surface area contributed by atoms with Crippen LogP contribution in [0.15, 0.2) is 24.3 Å². The highest BCUT2D eigenvalue weighted by Crippen LogP contribution is 2.13. The van der Waals surface area contributed by atoms with E-state index in [1.807, 2.05) is 38.1 Å². The number of rotatable bonds is 6. The van der Waals surface area contributed by atoms with Gasteiger partial charge in [0.25, 0.3) is 0 Å². The van der Waals surface area contributed by atoms with Crippen molar-refractivity contribution >= 4 is 5.91 Å². The van der Waals surface area contributed by atoms with Gasteiger partial charge in [-0.2, -0.15) is 4.68 Å². The zero-order valence-corrected chi connectivity index (χ0v) is 14.5. The van der Waals surface area contributed by atoms with Crippen molar-refractivity contribution in [2.75, 3.05) is 19.8 Å². The predicted molar refractivity (Wildman–Crippen MR) is 90.4 cm³/mol. The maximum atomic E-state index is 12.4. The third-order valence-corrected chi connectivity index (χ3v) is 4.20. The van der Waals surface area contributed by atoms with Gasteiger partial charge in [-0.3, -0.25) is 4.79 Å². The molecule has 1 aromatic heterocycles. The average Bonchev–Trinajstić information content (AvgIpc) is 3.03. The van der Waals surface area contributed by atoms with Gasteiger partial charge in [0, 0.05) is 13.2 Å². The van der Waals surface area contributed by atoms with E-state index in [0.29, 0.717) is 32.1 Å². The SMILES string of the molecule is CCO[C@@H]1COCC[C@H]1NC(=O)Cc1ccc(-n2nnnc2C)cc1. The zero-order chi connectivity index (χ0) is 17.6. The highest BCUT2D eigenvalue weighted by Gasteiger charge is 2.27. The molecule has 2 heterocycles. The standard InChI is InChI=1S/C17H23N5O3/c1-3-25-16-11-24-9-8-15(16)18-17(23)10-13-4-6-14(7-5-13)22-12(2)19-20-21-22/h4-7,15-16H,3,8-11H2,1-2H3,(H,18,23)/t15-,16-/m1/s1. The molecule has 1 aromatic carbocycles. The number of carbonyl (C=O) groups excluding carboxylic acids is 1. The molecule has 2 aromatic rings. The molecule has 0 spiro atoms. The van der Waals surface area contributed by atoms with Crippen molar-refractivity contribution < 1.29 is 14.3 Å². The third kappa shape index (κ3) is 4.40. The molecule has 1 N–H and O–H groups in total. The predicted octanol–water partition coefficient (Wildman–Crippen LogP) is 0.823. The van der Waals surface area contributed by atoms with Gasteiger partial charge in [0.05, 0.1) is 24.8 Å². The fourth-order valence-corrected chi connectivity index (χ4v) is 2.92. The molecule has 1 aliphatic rings. The highest BCUT2D eigenvalue weighted by atomic mass is 16.5. The van der Waals surface area contributed by atoms with Crippen LogP contribution in [0.2, 0.25) is 0 Å². The van der Waals surface area contributed by atoms with Crippen LogP contribution >= 0.6 is 0 Å². The Bertz CT molecular complexity index is 699. The summed E-state index contributed by atoms with van der Waals surface area (Å²) in [5.41, 5.74) is 1.81. The molecular formula is C17H23N5O3. The molecule has 1 amide bonds. The molecule has 1 saturated heterocycles. The molecular weight excluding hydrogens is 322 g/mol. The van der Waals surface area contributed by atoms with Crippen LogP contribution in [-0.4, -0.2) is 58.1 Å². The minimum absolute atomic E-state index is 0.00402. The first-order valence-corrected chi connectivity index (χ1v) is 8.50. The molecule has 0 aliphatic carbocycles. The number of amides is 1. The second-order valence-corrected chi connectivity index (χ2v) is 6.01. The average molecular weight is 345 g/mol. The number of tetrazole rings is 1. The summed E-state index contributed by atoms with van der Waals surface area (Å²) in [7, 11) is 0. The number of nitrogens with one attached hydrogen (secondary N) is 1. The summed E-state index contributed by atoms with van der Waals surface area (Å²) in [6.07, 6.45) is 1.02. The van der Waals surface area contributed by atoms with E-state index in [1.54, 1.807) is 4.68 Å². The Kier molecular flexibility index (Phi) is 5.72. The monoisotopic (exact) mass is 345 g/mol. The molecule has 1 aliphatic heterocycles. The largest absolute Gasteiger partial charge is 0.379 e. The zero-order valence-electron chi connectivity index (χ0n) is 14.5. The molecule has 8 nitrogen and oxygen atoms in total. The molecule has 1 fully saturated rings. The molecule has 2 atom stereocenters. The summed E-state index contributed by atoms with van der Waals surface area (Å²) >= 11 is 0. The van der Waals surface area contributed by atoms with E-state index >= 15 is 0 Å². The van der Waals surface area contributed by atoms with E-state index in [0.717, 1.165) is 17.7 Å². The number of hydrogen-bond donors (Lipinski definition) is 1. The van der Waals surface area contributed by atoms with Crippen LogP contribution in [-0.2, 0) is 20.7 Å². The van der Waals surface area contributed by atoms with Crippen molar-refractivity contribution in [2.24, 2.45) is 0 Å². The lowest BCUT2D eigenvalue weighted by atomic mass is 10.0. The number of hydrogen-bond acceptors (Lipinski definition) is 6. The summed E-state index contributed by atoms with van der Waals surface area (Å²) in [4.78, 5) is 12.4. The van der Waals surface area contributed by atoms with Crippen molar-refractivity contribution in [3.05, 3.63) is 35.7 Å². The van der Waals surface area contributed by atoms with Crippen LogP contribution < -0.4 is 5.32 Å². The molecule has 0 saturated carbocycles. The Balaban J connectivity index is 1.58. The van der Waals surface area contributed by atoms with Crippen LogP contribution in [0.3, 0.4) is 0 Å². The molecule has 0 bridgehead atoms. The van der Waals surface area contributed by atoms with E-state index < -0.39 is 0 Å². The maximum absolute atomic E-state index is 12.4. The smallest absolute Gasteiger partial charge is 0.224 e. The van der Waals surface area contributed by atoms with Crippen LogP contribution in [0.5, 0.6) is 0 Å². The lowest BCUT2D eigenvalue weighted by molar-refractivity contribution is -0.125. The third-order valence-electron chi connectivity index (χ3n) is 4.20. The summed E-state index contributed by atoms with van der Waals surface area (Å²) in [5, 5.41) is 14.5.